The van der Waals surface area contributed by atoms with E-state index in [1.165, 1.54) is 5.56 Å². The minimum absolute atomic E-state index is 0.316. The third kappa shape index (κ3) is 4.13. The summed E-state index contributed by atoms with van der Waals surface area (Å²) in [5.41, 5.74) is 6.59. The van der Waals surface area contributed by atoms with Gasteiger partial charge >= 0.3 is 0 Å². The van der Waals surface area contributed by atoms with Gasteiger partial charge in [-0.3, -0.25) is 0 Å². The van der Waals surface area contributed by atoms with Gasteiger partial charge < -0.3 is 10.1 Å². The molecule has 0 aromatic heterocycles. The molecule has 0 amide bonds. The summed E-state index contributed by atoms with van der Waals surface area (Å²) in [7, 11) is 6.12. The molecule has 2 atom stereocenters. The van der Waals surface area contributed by atoms with Crippen molar-refractivity contribution in [1.82, 2.24) is 4.81 Å². The Labute approximate surface area is 174 Å². The molecule has 1 aliphatic rings. The molecule has 0 spiro atoms. The summed E-state index contributed by atoms with van der Waals surface area (Å²) in [6.07, 6.45) is 0. The van der Waals surface area contributed by atoms with Crippen LogP contribution in [-0.4, -0.2) is 37.6 Å². The Bertz CT molecular complexity index is 944. The summed E-state index contributed by atoms with van der Waals surface area (Å²) >= 11 is 0. The zero-order valence-corrected chi connectivity index (χ0v) is 17.0. The van der Waals surface area contributed by atoms with Crippen molar-refractivity contribution in [2.24, 2.45) is 4.99 Å². The SMILES string of the molecule is [B]N(CC)C[C@H]1c2cccc(N=C(c3ccccc3)c3ccccc3)c2N[C@H]1C. The third-order valence-corrected chi connectivity index (χ3v) is 5.61. The van der Waals surface area contributed by atoms with Crippen LogP contribution in [0.2, 0.25) is 0 Å². The fourth-order valence-electron chi connectivity index (χ4n) is 3.96. The highest BCUT2D eigenvalue weighted by molar-refractivity contribution is 6.14. The number of fused-ring (bicyclic) bond motifs is 1. The summed E-state index contributed by atoms with van der Waals surface area (Å²) in [4.78, 5) is 7.03. The number of anilines is 1. The van der Waals surface area contributed by atoms with Crippen molar-refractivity contribution in [2.75, 3.05) is 18.4 Å². The fourth-order valence-corrected chi connectivity index (χ4v) is 3.96. The lowest BCUT2D eigenvalue weighted by atomic mass is 9.94. The van der Waals surface area contributed by atoms with Crippen molar-refractivity contribution in [3.05, 3.63) is 95.6 Å². The molecule has 1 aliphatic heterocycles. The molecule has 4 rings (SSSR count). The van der Waals surface area contributed by atoms with E-state index in [-0.39, 0.29) is 0 Å². The quantitative estimate of drug-likeness (QED) is 0.473. The average Bonchev–Trinajstić information content (AvgIpc) is 3.09. The Balaban J connectivity index is 1.79. The van der Waals surface area contributed by atoms with E-state index in [1.807, 2.05) is 16.9 Å². The van der Waals surface area contributed by atoms with Crippen LogP contribution in [0, 0.1) is 0 Å². The fraction of sp³-hybridized carbons (Fsp3) is 0.240. The first-order chi connectivity index (χ1) is 14.2. The van der Waals surface area contributed by atoms with Crippen LogP contribution in [-0.2, 0) is 0 Å². The lowest BCUT2D eigenvalue weighted by molar-refractivity contribution is 0.420. The first-order valence-corrected chi connectivity index (χ1v) is 10.3. The molecule has 0 saturated heterocycles. The highest BCUT2D eigenvalue weighted by atomic mass is 15.1. The maximum Gasteiger partial charge on any atom is 0.182 e. The maximum absolute atomic E-state index is 6.12. The summed E-state index contributed by atoms with van der Waals surface area (Å²) in [6.45, 7) is 5.97. The molecule has 0 bridgehead atoms. The molecule has 29 heavy (non-hydrogen) atoms. The number of para-hydroxylation sites is 1. The van der Waals surface area contributed by atoms with Gasteiger partial charge in [-0.05, 0) is 31.6 Å². The highest BCUT2D eigenvalue weighted by Crippen LogP contribution is 2.42. The zero-order chi connectivity index (χ0) is 20.2. The van der Waals surface area contributed by atoms with Crippen LogP contribution in [0.5, 0.6) is 0 Å². The Morgan fingerprint density at radius 1 is 0.931 bits per heavy atom. The second kappa shape index (κ2) is 8.67. The lowest BCUT2D eigenvalue weighted by Crippen LogP contribution is -2.30. The molecule has 1 heterocycles. The number of hydrogen-bond donors (Lipinski definition) is 1. The van der Waals surface area contributed by atoms with Gasteiger partial charge in [0.05, 0.1) is 17.1 Å². The molecule has 0 unspecified atom stereocenters. The van der Waals surface area contributed by atoms with E-state index in [4.69, 9.17) is 13.0 Å². The minimum Gasteiger partial charge on any atom is -0.380 e. The van der Waals surface area contributed by atoms with Crippen LogP contribution in [0.4, 0.5) is 11.4 Å². The van der Waals surface area contributed by atoms with Crippen LogP contribution < -0.4 is 5.32 Å². The largest absolute Gasteiger partial charge is 0.380 e. The predicted octanol–water partition coefficient (Wildman–Crippen LogP) is 5.16. The molecule has 0 aliphatic carbocycles. The van der Waals surface area contributed by atoms with Gasteiger partial charge in [0.2, 0.25) is 0 Å². The van der Waals surface area contributed by atoms with Gasteiger partial charge in [0, 0.05) is 23.1 Å². The maximum atomic E-state index is 6.12. The van der Waals surface area contributed by atoms with E-state index >= 15 is 0 Å². The van der Waals surface area contributed by atoms with Crippen molar-refractivity contribution >= 4 is 25.1 Å². The van der Waals surface area contributed by atoms with Crippen LogP contribution >= 0.6 is 0 Å². The molecule has 4 heteroatoms. The van der Waals surface area contributed by atoms with Crippen LogP contribution in [0.15, 0.2) is 83.9 Å². The molecule has 144 valence electrons. The van der Waals surface area contributed by atoms with Gasteiger partial charge in [0.15, 0.2) is 7.98 Å². The van der Waals surface area contributed by atoms with Gasteiger partial charge in [0.25, 0.3) is 0 Å². The van der Waals surface area contributed by atoms with Gasteiger partial charge in [-0.25, -0.2) is 4.99 Å². The van der Waals surface area contributed by atoms with E-state index in [2.05, 4.69) is 85.9 Å². The van der Waals surface area contributed by atoms with Crippen LogP contribution in [0.3, 0.4) is 0 Å². The van der Waals surface area contributed by atoms with Gasteiger partial charge in [-0.1, -0.05) is 79.7 Å². The summed E-state index contributed by atoms with van der Waals surface area (Å²) in [5, 5.41) is 3.66. The number of rotatable bonds is 6. The second-order valence-corrected chi connectivity index (χ2v) is 7.56. The topological polar surface area (TPSA) is 27.6 Å². The summed E-state index contributed by atoms with van der Waals surface area (Å²) < 4.78 is 0. The third-order valence-electron chi connectivity index (χ3n) is 5.61. The predicted molar refractivity (Wildman–Crippen MR) is 123 cm³/mol. The highest BCUT2D eigenvalue weighted by Gasteiger charge is 2.31. The van der Waals surface area contributed by atoms with Crippen LogP contribution in [0.25, 0.3) is 0 Å². The number of benzene rings is 3. The average molecular weight is 379 g/mol. The molecule has 3 aromatic carbocycles. The number of aliphatic imine (C=N–C) groups is 1. The van der Waals surface area contributed by atoms with E-state index < -0.39 is 0 Å². The second-order valence-electron chi connectivity index (χ2n) is 7.56. The summed E-state index contributed by atoms with van der Waals surface area (Å²) in [5.74, 6) is 0.349. The first-order valence-electron chi connectivity index (χ1n) is 10.3. The van der Waals surface area contributed by atoms with Crippen molar-refractivity contribution in [3.63, 3.8) is 0 Å². The number of nitrogens with one attached hydrogen (secondary N) is 1. The number of nitrogens with zero attached hydrogens (tertiary/aromatic N) is 2. The normalized spacial score (nSPS) is 17.6. The Kier molecular flexibility index (Phi) is 5.82. The smallest absolute Gasteiger partial charge is 0.182 e. The molecular formula is C25H26BN3. The standard InChI is InChI=1S/C25H26BN3/c1-3-29(26)17-22-18(2)27-25-21(22)15-10-16-23(25)28-24(19-11-6-4-7-12-19)20-13-8-5-9-14-20/h4-16,18,22,27H,3,17H2,1-2H3/t18-,22+/m0/s1. The molecule has 3 aromatic rings. The van der Waals surface area contributed by atoms with Crippen molar-refractivity contribution < 1.29 is 0 Å². The zero-order valence-electron chi connectivity index (χ0n) is 17.0. The van der Waals surface area contributed by atoms with Gasteiger partial charge in [0.1, 0.15) is 0 Å². The molecule has 2 radical (unpaired) electrons. The number of hydrogen-bond acceptors (Lipinski definition) is 3. The molecule has 0 saturated carbocycles. The molecule has 3 nitrogen and oxygen atoms in total. The molecule has 1 N–H and O–H groups in total. The van der Waals surface area contributed by atoms with Crippen LogP contribution in [0.1, 0.15) is 36.5 Å². The van der Waals surface area contributed by atoms with E-state index in [1.54, 1.807) is 0 Å². The van der Waals surface area contributed by atoms with E-state index in [0.717, 1.165) is 41.3 Å². The molecular weight excluding hydrogens is 353 g/mol. The lowest BCUT2D eigenvalue weighted by Gasteiger charge is -2.23. The summed E-state index contributed by atoms with van der Waals surface area (Å²) in [6, 6.07) is 27.4. The Morgan fingerprint density at radius 2 is 1.55 bits per heavy atom. The first kappa shape index (κ1) is 19.5. The Hall–Kier alpha value is -2.85. The van der Waals surface area contributed by atoms with Crippen molar-refractivity contribution in [2.45, 2.75) is 25.8 Å². The van der Waals surface area contributed by atoms with Crippen molar-refractivity contribution in [3.8, 4) is 0 Å². The minimum atomic E-state index is 0.316. The molecule has 0 fully saturated rings. The monoisotopic (exact) mass is 379 g/mol. The Morgan fingerprint density at radius 3 is 2.14 bits per heavy atom. The van der Waals surface area contributed by atoms with E-state index in [0.29, 0.717) is 12.0 Å². The van der Waals surface area contributed by atoms with Gasteiger partial charge in [-0.15, -0.1) is 0 Å². The number of likely N-dealkylation sites (N-methyl/N-ethyl adjacent to an activating group) is 1. The van der Waals surface area contributed by atoms with Crippen molar-refractivity contribution in [1.29, 1.82) is 0 Å². The van der Waals surface area contributed by atoms with E-state index in [9.17, 15) is 0 Å². The van der Waals surface area contributed by atoms with Gasteiger partial charge in [-0.2, -0.15) is 0 Å².